The quantitative estimate of drug-likeness (QED) is 0.824. The van der Waals surface area contributed by atoms with Crippen molar-refractivity contribution < 1.29 is 19.4 Å². The number of nitrogens with zero attached hydrogens (tertiary/aromatic N) is 1. The smallest absolute Gasteiger partial charge is 0.410 e. The molecule has 1 heterocycles. The summed E-state index contributed by atoms with van der Waals surface area (Å²) in [5, 5.41) is 12.7. The minimum Gasteiger partial charge on any atom is -0.481 e. The topological polar surface area (TPSA) is 78.9 Å². The van der Waals surface area contributed by atoms with Gasteiger partial charge in [0.05, 0.1) is 5.92 Å². The first-order valence-electron chi connectivity index (χ1n) is 7.54. The molecule has 7 heteroatoms. The predicted octanol–water partition coefficient (Wildman–Crippen LogP) is 2.36. The van der Waals surface area contributed by atoms with Crippen LogP contribution in [0, 0.1) is 11.8 Å². The van der Waals surface area contributed by atoms with Crippen molar-refractivity contribution in [3.8, 4) is 0 Å². The standard InChI is InChI=1S/C15H28N2O4.ClH/c1-10(2)8-16-12-6-7-17(9-11(12)13(18)19)14(20)21-15(3,4)5;/h10-12,16H,6-9H2,1-5H3,(H,18,19);1H. The van der Waals surface area contributed by atoms with Gasteiger partial charge in [-0.25, -0.2) is 4.79 Å². The lowest BCUT2D eigenvalue weighted by atomic mass is 9.92. The highest BCUT2D eigenvalue weighted by atomic mass is 35.5. The van der Waals surface area contributed by atoms with Crippen LogP contribution in [0.4, 0.5) is 4.79 Å². The predicted molar refractivity (Wildman–Crippen MR) is 87.4 cm³/mol. The van der Waals surface area contributed by atoms with Crippen LogP contribution in [0.2, 0.25) is 0 Å². The van der Waals surface area contributed by atoms with Gasteiger partial charge in [0.25, 0.3) is 0 Å². The monoisotopic (exact) mass is 336 g/mol. The van der Waals surface area contributed by atoms with E-state index in [-0.39, 0.29) is 25.0 Å². The summed E-state index contributed by atoms with van der Waals surface area (Å²) in [4.78, 5) is 25.0. The van der Waals surface area contributed by atoms with Crippen LogP contribution < -0.4 is 5.32 Å². The van der Waals surface area contributed by atoms with Gasteiger partial charge >= 0.3 is 12.1 Å². The number of hydrogen-bond donors (Lipinski definition) is 2. The van der Waals surface area contributed by atoms with Gasteiger partial charge in [-0.2, -0.15) is 0 Å². The van der Waals surface area contributed by atoms with Crippen molar-refractivity contribution in [3.63, 3.8) is 0 Å². The number of carboxylic acids is 1. The Hall–Kier alpha value is -1.01. The van der Waals surface area contributed by atoms with Gasteiger partial charge in [0, 0.05) is 19.1 Å². The Labute approximate surface area is 139 Å². The zero-order valence-electron chi connectivity index (χ0n) is 14.1. The Kier molecular flexibility index (Phi) is 8.18. The molecule has 1 aliphatic rings. The Morgan fingerprint density at radius 3 is 2.41 bits per heavy atom. The molecule has 0 aromatic carbocycles. The summed E-state index contributed by atoms with van der Waals surface area (Å²) < 4.78 is 5.31. The van der Waals surface area contributed by atoms with Gasteiger partial charge in [0.15, 0.2) is 0 Å². The molecule has 0 aromatic heterocycles. The van der Waals surface area contributed by atoms with Crippen LogP contribution in [0.3, 0.4) is 0 Å². The van der Waals surface area contributed by atoms with E-state index in [0.29, 0.717) is 18.9 Å². The summed E-state index contributed by atoms with van der Waals surface area (Å²) in [7, 11) is 0. The number of piperidine rings is 1. The molecule has 0 spiro atoms. The van der Waals surface area contributed by atoms with E-state index in [4.69, 9.17) is 4.74 Å². The first kappa shape index (κ1) is 21.0. The number of rotatable bonds is 4. The van der Waals surface area contributed by atoms with E-state index in [9.17, 15) is 14.7 Å². The number of ether oxygens (including phenoxy) is 1. The summed E-state index contributed by atoms with van der Waals surface area (Å²) in [5.41, 5.74) is -0.567. The maximum absolute atomic E-state index is 12.0. The number of aliphatic carboxylic acids is 1. The second-order valence-electron chi connectivity index (χ2n) is 7.07. The van der Waals surface area contributed by atoms with E-state index in [1.807, 2.05) is 0 Å². The van der Waals surface area contributed by atoms with Crippen molar-refractivity contribution in [2.45, 2.75) is 52.7 Å². The van der Waals surface area contributed by atoms with Gasteiger partial charge in [-0.1, -0.05) is 13.8 Å². The molecule has 1 aliphatic heterocycles. The zero-order chi connectivity index (χ0) is 16.2. The number of carboxylic acid groups (broad SMARTS) is 1. The largest absolute Gasteiger partial charge is 0.481 e. The molecule has 2 N–H and O–H groups in total. The lowest BCUT2D eigenvalue weighted by Crippen LogP contribution is -2.54. The molecule has 1 saturated heterocycles. The number of likely N-dealkylation sites (tertiary alicyclic amines) is 1. The molecular formula is C15H29ClN2O4. The van der Waals surface area contributed by atoms with Crippen molar-refractivity contribution in [2.75, 3.05) is 19.6 Å². The van der Waals surface area contributed by atoms with Crippen LogP contribution in [0.5, 0.6) is 0 Å². The molecule has 0 bridgehead atoms. The molecule has 2 atom stereocenters. The molecule has 1 rings (SSSR count). The van der Waals surface area contributed by atoms with Gasteiger partial charge < -0.3 is 20.1 Å². The van der Waals surface area contributed by atoms with Crippen molar-refractivity contribution in [1.82, 2.24) is 10.2 Å². The number of carbonyl (C=O) groups excluding carboxylic acids is 1. The summed E-state index contributed by atoms with van der Waals surface area (Å²) in [6, 6.07) is -0.0939. The molecule has 6 nitrogen and oxygen atoms in total. The Morgan fingerprint density at radius 1 is 1.36 bits per heavy atom. The fourth-order valence-electron chi connectivity index (χ4n) is 2.33. The molecule has 0 aliphatic carbocycles. The fourth-order valence-corrected chi connectivity index (χ4v) is 2.33. The van der Waals surface area contributed by atoms with Crippen molar-refractivity contribution in [3.05, 3.63) is 0 Å². The van der Waals surface area contributed by atoms with E-state index >= 15 is 0 Å². The maximum atomic E-state index is 12.0. The minimum atomic E-state index is -0.871. The Bertz CT molecular complexity index is 382. The summed E-state index contributed by atoms with van der Waals surface area (Å²) in [6.07, 6.45) is 0.194. The molecule has 1 fully saturated rings. The number of nitrogens with one attached hydrogen (secondary N) is 1. The molecule has 0 radical (unpaired) electrons. The average Bonchev–Trinajstić information content (AvgIpc) is 2.33. The third kappa shape index (κ3) is 6.83. The maximum Gasteiger partial charge on any atom is 0.410 e. The average molecular weight is 337 g/mol. The SMILES string of the molecule is CC(C)CNC1CCN(C(=O)OC(C)(C)C)CC1C(=O)O.Cl. The fraction of sp³-hybridized carbons (Fsp3) is 0.867. The highest BCUT2D eigenvalue weighted by Crippen LogP contribution is 2.20. The minimum absolute atomic E-state index is 0. The van der Waals surface area contributed by atoms with Gasteiger partial charge in [0.2, 0.25) is 0 Å². The van der Waals surface area contributed by atoms with Crippen molar-refractivity contribution in [1.29, 1.82) is 0 Å². The van der Waals surface area contributed by atoms with Crippen molar-refractivity contribution >= 4 is 24.5 Å². The third-order valence-corrected chi connectivity index (χ3v) is 3.37. The highest BCUT2D eigenvalue weighted by Gasteiger charge is 2.37. The van der Waals surface area contributed by atoms with E-state index < -0.39 is 23.6 Å². The Morgan fingerprint density at radius 2 is 1.95 bits per heavy atom. The zero-order valence-corrected chi connectivity index (χ0v) is 14.9. The van der Waals surface area contributed by atoms with Gasteiger partial charge in [-0.3, -0.25) is 4.79 Å². The normalized spacial score (nSPS) is 22.2. The summed E-state index contributed by atoms with van der Waals surface area (Å²) in [5.74, 6) is -1.00. The molecular weight excluding hydrogens is 308 g/mol. The van der Waals surface area contributed by atoms with E-state index in [1.165, 1.54) is 4.90 Å². The van der Waals surface area contributed by atoms with Crippen LogP contribution in [0.1, 0.15) is 41.0 Å². The summed E-state index contributed by atoms with van der Waals surface area (Å²) in [6.45, 7) is 11.1. The highest BCUT2D eigenvalue weighted by molar-refractivity contribution is 5.85. The van der Waals surface area contributed by atoms with Crippen LogP contribution in [-0.2, 0) is 9.53 Å². The second kappa shape index (κ2) is 8.58. The number of hydrogen-bond acceptors (Lipinski definition) is 4. The van der Waals surface area contributed by atoms with Crippen LogP contribution in [-0.4, -0.2) is 53.3 Å². The molecule has 0 saturated carbocycles. The first-order valence-corrected chi connectivity index (χ1v) is 7.54. The number of carbonyl (C=O) groups is 2. The molecule has 0 aromatic rings. The Balaban J connectivity index is 0.00000441. The second-order valence-corrected chi connectivity index (χ2v) is 7.07. The number of halogens is 1. The van der Waals surface area contributed by atoms with E-state index in [0.717, 1.165) is 6.54 Å². The first-order chi connectivity index (χ1) is 9.60. The molecule has 130 valence electrons. The molecule has 1 amide bonds. The molecule has 2 unspecified atom stereocenters. The number of amides is 1. The van der Waals surface area contributed by atoms with Gasteiger partial charge in [0.1, 0.15) is 5.60 Å². The van der Waals surface area contributed by atoms with Crippen LogP contribution in [0.25, 0.3) is 0 Å². The summed E-state index contributed by atoms with van der Waals surface area (Å²) >= 11 is 0. The van der Waals surface area contributed by atoms with Crippen LogP contribution in [0.15, 0.2) is 0 Å². The lowest BCUT2D eigenvalue weighted by Gasteiger charge is -2.37. The van der Waals surface area contributed by atoms with Gasteiger partial charge in [-0.05, 0) is 39.7 Å². The van der Waals surface area contributed by atoms with Gasteiger partial charge in [-0.15, -0.1) is 12.4 Å². The van der Waals surface area contributed by atoms with E-state index in [2.05, 4.69) is 19.2 Å². The lowest BCUT2D eigenvalue weighted by molar-refractivity contribution is -0.144. The van der Waals surface area contributed by atoms with Crippen molar-refractivity contribution in [2.24, 2.45) is 11.8 Å². The molecule has 22 heavy (non-hydrogen) atoms. The third-order valence-electron chi connectivity index (χ3n) is 3.37. The van der Waals surface area contributed by atoms with E-state index in [1.54, 1.807) is 20.8 Å². The van der Waals surface area contributed by atoms with Crippen LogP contribution >= 0.6 is 12.4 Å².